The second-order valence-electron chi connectivity index (χ2n) is 6.76. The number of carbonyl (C=O) groups is 2. The molecule has 1 aromatic carbocycles. The van der Waals surface area contributed by atoms with Crippen LogP contribution in [-0.4, -0.2) is 57.0 Å². The number of nitrogens with one attached hydrogen (secondary N) is 2. The minimum Gasteiger partial charge on any atom is -0.360 e. The molecule has 0 unspecified atom stereocenters. The van der Waals surface area contributed by atoms with Crippen molar-refractivity contribution in [2.24, 2.45) is 5.92 Å². The lowest BCUT2D eigenvalue weighted by atomic mass is 10.1. The molecule has 0 bridgehead atoms. The van der Waals surface area contributed by atoms with Crippen LogP contribution in [0.5, 0.6) is 0 Å². The van der Waals surface area contributed by atoms with Gasteiger partial charge in [0.1, 0.15) is 6.23 Å². The van der Waals surface area contributed by atoms with Crippen molar-refractivity contribution in [2.75, 3.05) is 26.2 Å². The van der Waals surface area contributed by atoms with E-state index < -0.39 is 28.1 Å². The van der Waals surface area contributed by atoms with Gasteiger partial charge in [-0.1, -0.05) is 32.0 Å². The Labute approximate surface area is 160 Å². The number of benzene rings is 1. The van der Waals surface area contributed by atoms with Crippen LogP contribution in [0.15, 0.2) is 35.2 Å². The lowest BCUT2D eigenvalue weighted by Crippen LogP contribution is -2.53. The van der Waals surface area contributed by atoms with Crippen molar-refractivity contribution in [3.8, 4) is 0 Å². The lowest BCUT2D eigenvalue weighted by molar-refractivity contribution is -0.140. The molecule has 2 N–H and O–H groups in total. The zero-order valence-electron chi connectivity index (χ0n) is 15.7. The van der Waals surface area contributed by atoms with Gasteiger partial charge < -0.3 is 15.4 Å². The smallest absolute Gasteiger partial charge is 0.309 e. The molecule has 27 heavy (non-hydrogen) atoms. The third-order valence-electron chi connectivity index (χ3n) is 4.15. The summed E-state index contributed by atoms with van der Waals surface area (Å²) in [5.41, 5.74) is 0. The number of sulfonamides is 1. The predicted octanol–water partition coefficient (Wildman–Crippen LogP) is 0.702. The summed E-state index contributed by atoms with van der Waals surface area (Å²) >= 11 is 0. The highest BCUT2D eigenvalue weighted by Gasteiger charge is 2.34. The summed E-state index contributed by atoms with van der Waals surface area (Å²) in [5.74, 6) is -1.12. The van der Waals surface area contributed by atoms with Gasteiger partial charge in [0.15, 0.2) is 0 Å². The van der Waals surface area contributed by atoms with E-state index in [1.54, 1.807) is 18.2 Å². The molecule has 0 aliphatic carbocycles. The van der Waals surface area contributed by atoms with E-state index in [0.29, 0.717) is 32.0 Å². The standard InChI is InChI=1S/C18H27N3O5S/c1-14(2)9-10-19-17(22)18(23)20-13-16-21(11-6-12-26-16)27(24,25)15-7-4-3-5-8-15/h3-5,7-8,14,16H,6,9-13H2,1-2H3,(H,19,22)(H,20,23)/t16-/m1/s1. The molecule has 1 heterocycles. The number of nitrogens with zero attached hydrogens (tertiary/aromatic N) is 1. The van der Waals surface area contributed by atoms with Gasteiger partial charge in [0, 0.05) is 13.1 Å². The van der Waals surface area contributed by atoms with Crippen LogP contribution in [0.25, 0.3) is 0 Å². The molecule has 0 saturated carbocycles. The quantitative estimate of drug-likeness (QED) is 0.659. The van der Waals surface area contributed by atoms with Crippen LogP contribution in [0.2, 0.25) is 0 Å². The van der Waals surface area contributed by atoms with Gasteiger partial charge in [-0.3, -0.25) is 9.59 Å². The molecule has 0 radical (unpaired) electrons. The fourth-order valence-corrected chi connectivity index (χ4v) is 4.23. The molecule has 0 aromatic heterocycles. The van der Waals surface area contributed by atoms with E-state index in [1.165, 1.54) is 16.4 Å². The second kappa shape index (κ2) is 9.82. The van der Waals surface area contributed by atoms with E-state index in [2.05, 4.69) is 10.6 Å². The minimum absolute atomic E-state index is 0.0947. The number of carbonyl (C=O) groups excluding carboxylic acids is 2. The zero-order chi connectivity index (χ0) is 19.9. The summed E-state index contributed by atoms with van der Waals surface area (Å²) in [7, 11) is -3.75. The Balaban J connectivity index is 1.96. The van der Waals surface area contributed by atoms with Gasteiger partial charge in [-0.05, 0) is 30.9 Å². The van der Waals surface area contributed by atoms with E-state index in [-0.39, 0.29) is 11.4 Å². The summed E-state index contributed by atoms with van der Waals surface area (Å²) in [5, 5.41) is 5.01. The maximum atomic E-state index is 12.8. The number of ether oxygens (including phenoxy) is 1. The maximum Gasteiger partial charge on any atom is 0.309 e. The van der Waals surface area contributed by atoms with Crippen LogP contribution in [-0.2, 0) is 24.3 Å². The predicted molar refractivity (Wildman–Crippen MR) is 100 cm³/mol. The van der Waals surface area contributed by atoms with E-state index in [4.69, 9.17) is 4.74 Å². The Hall–Kier alpha value is -1.97. The highest BCUT2D eigenvalue weighted by molar-refractivity contribution is 7.89. The van der Waals surface area contributed by atoms with Crippen LogP contribution in [0.3, 0.4) is 0 Å². The van der Waals surface area contributed by atoms with Gasteiger partial charge in [-0.25, -0.2) is 8.42 Å². The first-order valence-corrected chi connectivity index (χ1v) is 10.5. The van der Waals surface area contributed by atoms with Gasteiger partial charge in [0.05, 0.1) is 18.0 Å². The fraction of sp³-hybridized carbons (Fsp3) is 0.556. The molecule has 150 valence electrons. The largest absolute Gasteiger partial charge is 0.360 e. The summed E-state index contributed by atoms with van der Waals surface area (Å²) in [6.45, 7) is 5.05. The molecule has 2 rings (SSSR count). The molecular formula is C18H27N3O5S. The molecule has 8 nitrogen and oxygen atoms in total. The van der Waals surface area contributed by atoms with Crippen LogP contribution in [0.4, 0.5) is 0 Å². The summed E-state index contributed by atoms with van der Waals surface area (Å²) in [6, 6.07) is 8.07. The summed E-state index contributed by atoms with van der Waals surface area (Å²) < 4.78 is 32.4. The van der Waals surface area contributed by atoms with E-state index >= 15 is 0 Å². The molecule has 1 atom stereocenters. The molecular weight excluding hydrogens is 370 g/mol. The molecule has 1 fully saturated rings. The fourth-order valence-electron chi connectivity index (χ4n) is 2.65. The van der Waals surface area contributed by atoms with Crippen LogP contribution in [0, 0.1) is 5.92 Å². The molecule has 1 aliphatic heterocycles. The highest BCUT2D eigenvalue weighted by Crippen LogP contribution is 2.21. The van der Waals surface area contributed by atoms with E-state index in [0.717, 1.165) is 6.42 Å². The lowest BCUT2D eigenvalue weighted by Gasteiger charge is -2.34. The Bertz CT molecular complexity index is 737. The average molecular weight is 397 g/mol. The van der Waals surface area contributed by atoms with Crippen molar-refractivity contribution < 1.29 is 22.7 Å². The van der Waals surface area contributed by atoms with Crippen LogP contribution >= 0.6 is 0 Å². The Kier molecular flexibility index (Phi) is 7.76. The number of hydrogen-bond donors (Lipinski definition) is 2. The normalized spacial score (nSPS) is 18.3. The van der Waals surface area contributed by atoms with Crippen molar-refractivity contribution in [1.82, 2.24) is 14.9 Å². The van der Waals surface area contributed by atoms with Crippen LogP contribution in [0.1, 0.15) is 26.7 Å². The van der Waals surface area contributed by atoms with Crippen molar-refractivity contribution >= 4 is 21.8 Å². The Morgan fingerprint density at radius 2 is 1.85 bits per heavy atom. The van der Waals surface area contributed by atoms with Crippen LogP contribution < -0.4 is 10.6 Å². The van der Waals surface area contributed by atoms with Crippen molar-refractivity contribution in [1.29, 1.82) is 0 Å². The number of rotatable bonds is 7. The van der Waals surface area contributed by atoms with E-state index in [1.807, 2.05) is 13.8 Å². The monoisotopic (exact) mass is 397 g/mol. The molecule has 1 saturated heterocycles. The first kappa shape index (κ1) is 21.3. The van der Waals surface area contributed by atoms with Crippen molar-refractivity contribution in [2.45, 2.75) is 37.8 Å². The molecule has 9 heteroatoms. The van der Waals surface area contributed by atoms with Gasteiger partial charge in [0.25, 0.3) is 0 Å². The third-order valence-corrected chi connectivity index (χ3v) is 6.06. The summed E-state index contributed by atoms with van der Waals surface area (Å²) in [4.78, 5) is 23.9. The second-order valence-corrected chi connectivity index (χ2v) is 8.65. The maximum absolute atomic E-state index is 12.8. The summed E-state index contributed by atoms with van der Waals surface area (Å²) in [6.07, 6.45) is 0.483. The molecule has 2 amide bonds. The Morgan fingerprint density at radius 1 is 1.19 bits per heavy atom. The highest BCUT2D eigenvalue weighted by atomic mass is 32.2. The first-order valence-electron chi connectivity index (χ1n) is 9.07. The number of hydrogen-bond acceptors (Lipinski definition) is 5. The topological polar surface area (TPSA) is 105 Å². The van der Waals surface area contributed by atoms with Gasteiger partial charge in [-0.15, -0.1) is 0 Å². The van der Waals surface area contributed by atoms with Gasteiger partial charge in [0.2, 0.25) is 10.0 Å². The molecule has 0 spiro atoms. The van der Waals surface area contributed by atoms with Crippen molar-refractivity contribution in [3.05, 3.63) is 30.3 Å². The third kappa shape index (κ3) is 6.02. The number of amides is 2. The van der Waals surface area contributed by atoms with Crippen molar-refractivity contribution in [3.63, 3.8) is 0 Å². The zero-order valence-corrected chi connectivity index (χ0v) is 16.5. The first-order chi connectivity index (χ1) is 12.8. The van der Waals surface area contributed by atoms with Gasteiger partial charge in [-0.2, -0.15) is 4.31 Å². The average Bonchev–Trinajstić information content (AvgIpc) is 2.66. The minimum atomic E-state index is -3.75. The Morgan fingerprint density at radius 3 is 2.52 bits per heavy atom. The SMILES string of the molecule is CC(C)CCNC(=O)C(=O)NC[C@H]1OCCCN1S(=O)(=O)c1ccccc1. The molecule has 1 aromatic rings. The van der Waals surface area contributed by atoms with Gasteiger partial charge >= 0.3 is 11.8 Å². The molecule has 1 aliphatic rings. The van der Waals surface area contributed by atoms with E-state index in [9.17, 15) is 18.0 Å².